The molecule has 1 aromatic heterocycles. The maximum Gasteiger partial charge on any atom is 0.195 e. The first-order chi connectivity index (χ1) is 10.2. The van der Waals surface area contributed by atoms with Gasteiger partial charge in [-0.3, -0.25) is 4.79 Å². The molecule has 0 aliphatic carbocycles. The summed E-state index contributed by atoms with van der Waals surface area (Å²) in [6, 6.07) is 13.7. The van der Waals surface area contributed by atoms with Crippen LogP contribution in [-0.4, -0.2) is 5.78 Å². The summed E-state index contributed by atoms with van der Waals surface area (Å²) in [6.07, 6.45) is 7.13. The van der Waals surface area contributed by atoms with Crippen molar-refractivity contribution in [1.82, 2.24) is 0 Å². The van der Waals surface area contributed by atoms with Gasteiger partial charge in [0.05, 0.1) is 4.88 Å². The van der Waals surface area contributed by atoms with Gasteiger partial charge in [-0.15, -0.1) is 11.3 Å². The number of halogens is 1. The predicted octanol–water partition coefficient (Wildman–Crippen LogP) is 5.72. The van der Waals surface area contributed by atoms with E-state index in [1.807, 2.05) is 48.5 Å². The van der Waals surface area contributed by atoms with Crippen LogP contribution >= 0.6 is 22.9 Å². The van der Waals surface area contributed by atoms with Gasteiger partial charge in [-0.1, -0.05) is 55.3 Å². The van der Waals surface area contributed by atoms with Crippen molar-refractivity contribution in [3.05, 3.63) is 75.0 Å². The van der Waals surface area contributed by atoms with Crippen LogP contribution in [0.1, 0.15) is 33.5 Å². The second-order valence-corrected chi connectivity index (χ2v) is 6.26. The van der Waals surface area contributed by atoms with Crippen LogP contribution in [0, 0.1) is 0 Å². The Labute approximate surface area is 134 Å². The Balaban J connectivity index is 2.02. The molecule has 2 rings (SSSR count). The number of thiophene rings is 1. The maximum atomic E-state index is 12.1. The normalized spacial score (nSPS) is 12.0. The smallest absolute Gasteiger partial charge is 0.195 e. The minimum absolute atomic E-state index is 0.00182. The Morgan fingerprint density at radius 1 is 1.14 bits per heavy atom. The standard InChI is InChI=1S/C18H17ClOS/c1-2-6-16-10-12-18(21-16)17(20)11-9-15(19)13-14-7-4-3-5-8-14/h3-5,7-13H,2,6H2,1H3/b11-9+,15-13-. The fourth-order valence-electron chi connectivity index (χ4n) is 1.89. The van der Waals surface area contributed by atoms with Gasteiger partial charge in [0.2, 0.25) is 0 Å². The van der Waals surface area contributed by atoms with Gasteiger partial charge < -0.3 is 0 Å². The van der Waals surface area contributed by atoms with E-state index in [0.29, 0.717) is 5.03 Å². The summed E-state index contributed by atoms with van der Waals surface area (Å²) in [6.45, 7) is 2.13. The van der Waals surface area contributed by atoms with Crippen LogP contribution < -0.4 is 0 Å². The average molecular weight is 317 g/mol. The summed E-state index contributed by atoms with van der Waals surface area (Å²) < 4.78 is 0. The zero-order chi connectivity index (χ0) is 15.1. The van der Waals surface area contributed by atoms with Gasteiger partial charge in [0.25, 0.3) is 0 Å². The molecule has 1 aromatic carbocycles. The molecular weight excluding hydrogens is 300 g/mol. The SMILES string of the molecule is CCCc1ccc(C(=O)/C=C/C(Cl)=C/c2ccccc2)s1. The fraction of sp³-hybridized carbons (Fsp3) is 0.167. The lowest BCUT2D eigenvalue weighted by Crippen LogP contribution is -1.88. The van der Waals surface area contributed by atoms with Gasteiger partial charge in [0.1, 0.15) is 0 Å². The third-order valence-corrected chi connectivity index (χ3v) is 4.29. The molecule has 21 heavy (non-hydrogen) atoms. The van der Waals surface area contributed by atoms with Crippen LogP contribution in [0.2, 0.25) is 0 Å². The van der Waals surface area contributed by atoms with E-state index < -0.39 is 0 Å². The molecule has 108 valence electrons. The minimum Gasteiger partial charge on any atom is -0.288 e. The molecule has 0 unspecified atom stereocenters. The van der Waals surface area contributed by atoms with Crippen molar-refractivity contribution in [3.63, 3.8) is 0 Å². The third kappa shape index (κ3) is 5.00. The zero-order valence-electron chi connectivity index (χ0n) is 11.9. The number of carbonyl (C=O) groups excluding carboxylic acids is 1. The summed E-state index contributed by atoms with van der Waals surface area (Å²) in [5.74, 6) is 0.00182. The number of aryl methyl sites for hydroxylation is 1. The van der Waals surface area contributed by atoms with Gasteiger partial charge in [0.15, 0.2) is 5.78 Å². The highest BCUT2D eigenvalue weighted by Gasteiger charge is 2.05. The van der Waals surface area contributed by atoms with Gasteiger partial charge in [-0.2, -0.15) is 0 Å². The molecule has 0 saturated heterocycles. The Morgan fingerprint density at radius 3 is 2.62 bits per heavy atom. The molecule has 0 saturated carbocycles. The number of hydrogen-bond donors (Lipinski definition) is 0. The van der Waals surface area contributed by atoms with Crippen molar-refractivity contribution in [3.8, 4) is 0 Å². The van der Waals surface area contributed by atoms with E-state index in [2.05, 4.69) is 6.92 Å². The van der Waals surface area contributed by atoms with Crippen LogP contribution in [0.3, 0.4) is 0 Å². The molecule has 1 heterocycles. The molecule has 0 bridgehead atoms. The third-order valence-electron chi connectivity index (χ3n) is 2.90. The predicted molar refractivity (Wildman–Crippen MR) is 92.1 cm³/mol. The first-order valence-electron chi connectivity index (χ1n) is 6.92. The van der Waals surface area contributed by atoms with Crippen LogP contribution in [-0.2, 0) is 6.42 Å². The Hall–Kier alpha value is -1.64. The molecule has 0 aliphatic heterocycles. The van der Waals surface area contributed by atoms with E-state index in [0.717, 1.165) is 23.3 Å². The summed E-state index contributed by atoms with van der Waals surface area (Å²) in [4.78, 5) is 14.1. The van der Waals surface area contributed by atoms with Crippen molar-refractivity contribution in [2.24, 2.45) is 0 Å². The van der Waals surface area contributed by atoms with E-state index >= 15 is 0 Å². The van der Waals surface area contributed by atoms with Crippen LogP contribution in [0.4, 0.5) is 0 Å². The molecule has 0 atom stereocenters. The van der Waals surface area contributed by atoms with Crippen molar-refractivity contribution in [1.29, 1.82) is 0 Å². The maximum absolute atomic E-state index is 12.1. The molecule has 0 spiro atoms. The average Bonchev–Trinajstić information content (AvgIpc) is 2.95. The molecule has 0 fully saturated rings. The Kier molecular flexibility index (Phi) is 5.97. The lowest BCUT2D eigenvalue weighted by molar-refractivity contribution is 0.105. The van der Waals surface area contributed by atoms with Gasteiger partial charge in [-0.25, -0.2) is 0 Å². The van der Waals surface area contributed by atoms with Crippen molar-refractivity contribution in [2.45, 2.75) is 19.8 Å². The van der Waals surface area contributed by atoms with E-state index in [1.54, 1.807) is 17.4 Å². The highest BCUT2D eigenvalue weighted by molar-refractivity contribution is 7.14. The number of rotatable bonds is 6. The highest BCUT2D eigenvalue weighted by Crippen LogP contribution is 2.19. The Morgan fingerprint density at radius 2 is 1.90 bits per heavy atom. The monoisotopic (exact) mass is 316 g/mol. The molecule has 0 amide bonds. The second kappa shape index (κ2) is 7.96. The number of benzene rings is 1. The summed E-state index contributed by atoms with van der Waals surface area (Å²) in [7, 11) is 0. The van der Waals surface area contributed by atoms with E-state index in [-0.39, 0.29) is 5.78 Å². The van der Waals surface area contributed by atoms with E-state index in [1.165, 1.54) is 11.0 Å². The van der Waals surface area contributed by atoms with Crippen LogP contribution in [0.15, 0.2) is 59.6 Å². The molecule has 0 aliphatic rings. The van der Waals surface area contributed by atoms with Crippen molar-refractivity contribution >= 4 is 34.8 Å². The number of carbonyl (C=O) groups is 1. The molecule has 2 aromatic rings. The molecule has 1 nitrogen and oxygen atoms in total. The quantitative estimate of drug-likeness (QED) is 0.378. The first-order valence-corrected chi connectivity index (χ1v) is 8.12. The van der Waals surface area contributed by atoms with E-state index in [4.69, 9.17) is 11.6 Å². The van der Waals surface area contributed by atoms with Gasteiger partial charge in [0, 0.05) is 9.91 Å². The van der Waals surface area contributed by atoms with Crippen LogP contribution in [0.25, 0.3) is 6.08 Å². The molecule has 0 radical (unpaired) electrons. The van der Waals surface area contributed by atoms with Crippen LogP contribution in [0.5, 0.6) is 0 Å². The first kappa shape index (κ1) is 15.7. The topological polar surface area (TPSA) is 17.1 Å². The lowest BCUT2D eigenvalue weighted by Gasteiger charge is -1.93. The number of ketones is 1. The molecule has 3 heteroatoms. The molecule has 0 N–H and O–H groups in total. The zero-order valence-corrected chi connectivity index (χ0v) is 13.5. The largest absolute Gasteiger partial charge is 0.288 e. The van der Waals surface area contributed by atoms with E-state index in [9.17, 15) is 4.79 Å². The fourth-order valence-corrected chi connectivity index (χ4v) is 3.10. The molecular formula is C18H17ClOS. The lowest BCUT2D eigenvalue weighted by atomic mass is 10.2. The second-order valence-electron chi connectivity index (χ2n) is 4.65. The Bertz CT molecular complexity index is 653. The minimum atomic E-state index is 0.00182. The summed E-state index contributed by atoms with van der Waals surface area (Å²) >= 11 is 7.69. The van der Waals surface area contributed by atoms with Gasteiger partial charge in [-0.05, 0) is 42.3 Å². The van der Waals surface area contributed by atoms with Crippen molar-refractivity contribution in [2.75, 3.05) is 0 Å². The summed E-state index contributed by atoms with van der Waals surface area (Å²) in [5, 5.41) is 0.542. The summed E-state index contributed by atoms with van der Waals surface area (Å²) in [5.41, 5.74) is 1.01. The van der Waals surface area contributed by atoms with Crippen molar-refractivity contribution < 1.29 is 4.79 Å². The highest BCUT2D eigenvalue weighted by atomic mass is 35.5. The van der Waals surface area contributed by atoms with Gasteiger partial charge >= 0.3 is 0 Å². The number of hydrogen-bond acceptors (Lipinski definition) is 2. The number of allylic oxidation sites excluding steroid dienone is 3.